The fraction of sp³-hybridized carbons (Fsp3) is 0.185. The number of fused-ring (bicyclic) bond motifs is 1. The van der Waals surface area contributed by atoms with Crippen molar-refractivity contribution in [3.8, 4) is 0 Å². The van der Waals surface area contributed by atoms with Crippen LogP contribution in [-0.2, 0) is 21.7 Å². The Morgan fingerprint density at radius 2 is 1.80 bits per heavy atom. The molecular formula is C27H25N5O3. The highest BCUT2D eigenvalue weighted by Gasteiger charge is 2.49. The Morgan fingerprint density at radius 3 is 2.60 bits per heavy atom. The molecule has 1 fully saturated rings. The number of rotatable bonds is 6. The van der Waals surface area contributed by atoms with Crippen LogP contribution >= 0.6 is 0 Å². The summed E-state index contributed by atoms with van der Waals surface area (Å²) in [5.74, 6) is -0.468. The second-order valence-corrected chi connectivity index (χ2v) is 8.92. The van der Waals surface area contributed by atoms with Gasteiger partial charge in [-0.05, 0) is 41.8 Å². The molecule has 2 N–H and O–H groups in total. The smallest absolute Gasteiger partial charge is 0.319 e. The number of nitrogens with one attached hydrogen (secondary N) is 2. The molecule has 1 saturated heterocycles. The second-order valence-electron chi connectivity index (χ2n) is 8.92. The van der Waals surface area contributed by atoms with E-state index in [2.05, 4.69) is 15.7 Å². The van der Waals surface area contributed by atoms with Crippen LogP contribution in [0.3, 0.4) is 0 Å². The minimum Gasteiger partial charge on any atom is -0.319 e. The number of nitrogens with zero attached hydrogens (tertiary/aromatic N) is 3. The third kappa shape index (κ3) is 4.26. The number of aromatic nitrogens is 2. The first kappa shape index (κ1) is 22.3. The van der Waals surface area contributed by atoms with Gasteiger partial charge in [0.05, 0.1) is 12.7 Å². The molecule has 1 unspecified atom stereocenters. The molecule has 8 heteroatoms. The maximum atomic E-state index is 13.3. The van der Waals surface area contributed by atoms with Crippen LogP contribution in [0.4, 0.5) is 10.6 Å². The van der Waals surface area contributed by atoms with Crippen molar-refractivity contribution < 1.29 is 14.4 Å². The topological polar surface area (TPSA) is 96.3 Å². The Hall–Kier alpha value is -4.46. The SMILES string of the molecule is Cc1cccc(Cn2nccc2NC(=O)CN2C(=O)NC(C)(c3ccc4ccccc4c3)C2=O)c1. The van der Waals surface area contributed by atoms with Gasteiger partial charge in [-0.2, -0.15) is 5.10 Å². The molecule has 1 aromatic heterocycles. The van der Waals surface area contributed by atoms with E-state index in [0.717, 1.165) is 26.8 Å². The van der Waals surface area contributed by atoms with Gasteiger partial charge in [0.25, 0.3) is 5.91 Å². The van der Waals surface area contributed by atoms with Crippen molar-refractivity contribution >= 4 is 34.4 Å². The van der Waals surface area contributed by atoms with E-state index >= 15 is 0 Å². The molecule has 8 nitrogen and oxygen atoms in total. The minimum absolute atomic E-state index is 0.399. The number of imide groups is 1. The lowest BCUT2D eigenvalue weighted by molar-refractivity contribution is -0.133. The zero-order valence-electron chi connectivity index (χ0n) is 19.5. The molecule has 0 aliphatic carbocycles. The Kier molecular flexibility index (Phi) is 5.56. The molecule has 0 spiro atoms. The molecule has 0 saturated carbocycles. The van der Waals surface area contributed by atoms with Gasteiger partial charge in [-0.25, -0.2) is 9.48 Å². The second kappa shape index (κ2) is 8.72. The van der Waals surface area contributed by atoms with Crippen LogP contribution in [-0.4, -0.2) is 39.1 Å². The molecule has 35 heavy (non-hydrogen) atoms. The summed E-state index contributed by atoms with van der Waals surface area (Å²) in [6.45, 7) is 3.75. The van der Waals surface area contributed by atoms with Crippen molar-refractivity contribution in [2.75, 3.05) is 11.9 Å². The highest BCUT2D eigenvalue weighted by atomic mass is 16.2. The number of carbonyl (C=O) groups excluding carboxylic acids is 3. The van der Waals surface area contributed by atoms with Gasteiger partial charge in [-0.15, -0.1) is 0 Å². The first-order chi connectivity index (χ1) is 16.8. The van der Waals surface area contributed by atoms with E-state index in [1.54, 1.807) is 23.9 Å². The number of hydrogen-bond acceptors (Lipinski definition) is 4. The van der Waals surface area contributed by atoms with Gasteiger partial charge in [0.2, 0.25) is 5.91 Å². The van der Waals surface area contributed by atoms with Gasteiger partial charge in [-0.1, -0.05) is 66.2 Å². The molecule has 1 aliphatic heterocycles. The quantitative estimate of drug-likeness (QED) is 0.422. The molecule has 3 aromatic carbocycles. The maximum absolute atomic E-state index is 13.3. The number of anilines is 1. The van der Waals surface area contributed by atoms with Crippen LogP contribution in [0.2, 0.25) is 0 Å². The summed E-state index contributed by atoms with van der Waals surface area (Å²) >= 11 is 0. The van der Waals surface area contributed by atoms with Gasteiger partial charge >= 0.3 is 6.03 Å². The number of carbonyl (C=O) groups is 3. The summed E-state index contributed by atoms with van der Waals surface area (Å²) in [7, 11) is 0. The molecule has 2 heterocycles. The Labute approximate surface area is 202 Å². The van der Waals surface area contributed by atoms with Crippen molar-refractivity contribution in [3.05, 3.63) is 95.7 Å². The zero-order chi connectivity index (χ0) is 24.6. The van der Waals surface area contributed by atoms with Crippen LogP contribution in [0.5, 0.6) is 0 Å². The standard InChI is InChI=1S/C27H25N5O3/c1-18-6-5-7-19(14-18)16-32-23(12-13-28-32)29-24(33)17-31-25(34)27(2,30-26(31)35)22-11-10-20-8-3-4-9-21(20)15-22/h3-15H,16-17H2,1-2H3,(H,29,33)(H,30,35). The molecule has 4 amide bonds. The third-order valence-corrected chi connectivity index (χ3v) is 6.30. The molecule has 176 valence electrons. The van der Waals surface area contributed by atoms with Crippen molar-refractivity contribution in [3.63, 3.8) is 0 Å². The number of hydrogen-bond donors (Lipinski definition) is 2. The van der Waals surface area contributed by atoms with Crippen molar-refractivity contribution in [1.29, 1.82) is 0 Å². The number of benzene rings is 3. The minimum atomic E-state index is -1.26. The van der Waals surface area contributed by atoms with E-state index < -0.39 is 29.9 Å². The summed E-state index contributed by atoms with van der Waals surface area (Å²) < 4.78 is 1.66. The Bertz CT molecular complexity index is 1460. The number of aryl methyl sites for hydroxylation is 1. The normalized spacial score (nSPS) is 17.6. The fourth-order valence-electron chi connectivity index (χ4n) is 4.41. The monoisotopic (exact) mass is 467 g/mol. The summed E-state index contributed by atoms with van der Waals surface area (Å²) in [5.41, 5.74) is 1.58. The van der Waals surface area contributed by atoms with E-state index in [0.29, 0.717) is 17.9 Å². The van der Waals surface area contributed by atoms with Crippen molar-refractivity contribution in [2.45, 2.75) is 25.9 Å². The summed E-state index contributed by atoms with van der Waals surface area (Å²) in [5, 5.41) is 11.8. The van der Waals surface area contributed by atoms with Gasteiger partial charge in [-0.3, -0.25) is 14.5 Å². The highest BCUT2D eigenvalue weighted by molar-refractivity contribution is 6.10. The van der Waals surface area contributed by atoms with E-state index in [-0.39, 0.29) is 0 Å². The number of urea groups is 1. The lowest BCUT2D eigenvalue weighted by Gasteiger charge is -2.22. The number of amides is 4. The van der Waals surface area contributed by atoms with Crippen LogP contribution < -0.4 is 10.6 Å². The Balaban J connectivity index is 1.30. The third-order valence-electron chi connectivity index (χ3n) is 6.30. The average Bonchev–Trinajstić information content (AvgIpc) is 3.36. The first-order valence-corrected chi connectivity index (χ1v) is 11.3. The molecule has 1 aliphatic rings. The van der Waals surface area contributed by atoms with Crippen LogP contribution in [0.15, 0.2) is 79.0 Å². The Morgan fingerprint density at radius 1 is 1.00 bits per heavy atom. The van der Waals surface area contributed by atoms with Gasteiger partial charge in [0.15, 0.2) is 0 Å². The first-order valence-electron chi connectivity index (χ1n) is 11.3. The summed E-state index contributed by atoms with van der Waals surface area (Å²) in [6.07, 6.45) is 1.59. The zero-order valence-corrected chi connectivity index (χ0v) is 19.5. The van der Waals surface area contributed by atoms with E-state index in [4.69, 9.17) is 0 Å². The molecule has 0 radical (unpaired) electrons. The molecule has 1 atom stereocenters. The lowest BCUT2D eigenvalue weighted by Crippen LogP contribution is -2.42. The van der Waals surface area contributed by atoms with E-state index in [9.17, 15) is 14.4 Å². The molecular weight excluding hydrogens is 442 g/mol. The van der Waals surface area contributed by atoms with Crippen LogP contribution in [0, 0.1) is 6.92 Å². The van der Waals surface area contributed by atoms with Crippen molar-refractivity contribution in [2.24, 2.45) is 0 Å². The summed E-state index contributed by atoms with van der Waals surface area (Å²) in [4.78, 5) is 39.8. The van der Waals surface area contributed by atoms with E-state index in [1.165, 1.54) is 0 Å². The largest absolute Gasteiger partial charge is 0.325 e. The highest BCUT2D eigenvalue weighted by Crippen LogP contribution is 2.31. The van der Waals surface area contributed by atoms with Gasteiger partial charge in [0.1, 0.15) is 17.9 Å². The van der Waals surface area contributed by atoms with Gasteiger partial charge in [0, 0.05) is 6.07 Å². The summed E-state index contributed by atoms with van der Waals surface area (Å²) in [6, 6.07) is 22.5. The van der Waals surface area contributed by atoms with Crippen LogP contribution in [0.1, 0.15) is 23.6 Å². The predicted octanol–water partition coefficient (Wildman–Crippen LogP) is 3.80. The van der Waals surface area contributed by atoms with E-state index in [1.807, 2.05) is 73.7 Å². The predicted molar refractivity (Wildman–Crippen MR) is 133 cm³/mol. The maximum Gasteiger partial charge on any atom is 0.325 e. The van der Waals surface area contributed by atoms with Gasteiger partial charge < -0.3 is 10.6 Å². The molecule has 5 rings (SSSR count). The fourth-order valence-corrected chi connectivity index (χ4v) is 4.41. The molecule has 0 bridgehead atoms. The molecule has 4 aromatic rings. The van der Waals surface area contributed by atoms with Crippen LogP contribution in [0.25, 0.3) is 10.8 Å². The lowest BCUT2D eigenvalue weighted by atomic mass is 9.90. The van der Waals surface area contributed by atoms with Crippen molar-refractivity contribution in [1.82, 2.24) is 20.0 Å². The average molecular weight is 468 g/mol.